The first-order valence-corrected chi connectivity index (χ1v) is 8.12. The molecule has 0 aliphatic carbocycles. The molecule has 0 fully saturated rings. The molecule has 1 atom stereocenters. The molecule has 1 N–H and O–H groups in total. The van der Waals surface area contributed by atoms with E-state index in [4.69, 9.17) is 0 Å². The number of rotatable bonds is 6. The molecule has 1 aromatic carbocycles. The van der Waals surface area contributed by atoms with Crippen molar-refractivity contribution in [1.82, 2.24) is 10.3 Å². The standard InChI is InChI=1S/C17H24N2S/c1-5-11-18-13(2)15-12-19-16(20-15)17(3,4)14-9-7-6-8-10-14/h6-10,12-13,18H,5,11H2,1-4H3. The lowest BCUT2D eigenvalue weighted by atomic mass is 9.85. The van der Waals surface area contributed by atoms with E-state index >= 15 is 0 Å². The van der Waals surface area contributed by atoms with Crippen molar-refractivity contribution in [2.45, 2.75) is 45.6 Å². The van der Waals surface area contributed by atoms with Gasteiger partial charge in [0.15, 0.2) is 0 Å². The molecule has 2 rings (SSSR count). The highest BCUT2D eigenvalue weighted by atomic mass is 32.1. The summed E-state index contributed by atoms with van der Waals surface area (Å²) in [6.45, 7) is 9.94. The van der Waals surface area contributed by atoms with Crippen LogP contribution in [0.15, 0.2) is 36.5 Å². The van der Waals surface area contributed by atoms with E-state index in [1.807, 2.05) is 17.5 Å². The Morgan fingerprint density at radius 3 is 2.60 bits per heavy atom. The number of nitrogens with zero attached hydrogens (tertiary/aromatic N) is 1. The first-order chi connectivity index (χ1) is 9.55. The average molecular weight is 288 g/mol. The summed E-state index contributed by atoms with van der Waals surface area (Å²) in [6.07, 6.45) is 3.18. The maximum absolute atomic E-state index is 4.67. The molecule has 0 amide bonds. The second-order valence-electron chi connectivity index (χ2n) is 5.73. The van der Waals surface area contributed by atoms with Gasteiger partial charge in [-0.2, -0.15) is 0 Å². The van der Waals surface area contributed by atoms with E-state index in [0.717, 1.165) is 13.0 Å². The van der Waals surface area contributed by atoms with Crippen molar-refractivity contribution >= 4 is 11.3 Å². The molecule has 1 heterocycles. The van der Waals surface area contributed by atoms with Crippen molar-refractivity contribution in [3.8, 4) is 0 Å². The minimum Gasteiger partial charge on any atom is -0.309 e. The largest absolute Gasteiger partial charge is 0.309 e. The Morgan fingerprint density at radius 1 is 1.25 bits per heavy atom. The minimum absolute atomic E-state index is 0.0331. The maximum atomic E-state index is 4.67. The number of hydrogen-bond donors (Lipinski definition) is 1. The Hall–Kier alpha value is -1.19. The molecule has 0 aliphatic heterocycles. The molecule has 0 bridgehead atoms. The fraction of sp³-hybridized carbons (Fsp3) is 0.471. The normalized spacial score (nSPS) is 13.4. The number of aromatic nitrogens is 1. The van der Waals surface area contributed by atoms with Gasteiger partial charge in [-0.15, -0.1) is 11.3 Å². The van der Waals surface area contributed by atoms with Gasteiger partial charge in [-0.3, -0.25) is 0 Å². The van der Waals surface area contributed by atoms with Gasteiger partial charge in [-0.25, -0.2) is 4.98 Å². The first-order valence-electron chi connectivity index (χ1n) is 7.30. The lowest BCUT2D eigenvalue weighted by molar-refractivity contribution is 0.577. The molecule has 0 radical (unpaired) electrons. The van der Waals surface area contributed by atoms with Crippen LogP contribution in [0.25, 0.3) is 0 Å². The molecule has 0 saturated heterocycles. The molecule has 0 saturated carbocycles. The second-order valence-corrected chi connectivity index (χ2v) is 6.80. The number of thiazole rings is 1. The number of benzene rings is 1. The van der Waals surface area contributed by atoms with Crippen LogP contribution in [0.3, 0.4) is 0 Å². The molecule has 0 aliphatic rings. The van der Waals surface area contributed by atoms with Crippen molar-refractivity contribution in [3.63, 3.8) is 0 Å². The monoisotopic (exact) mass is 288 g/mol. The summed E-state index contributed by atoms with van der Waals surface area (Å²) in [5.74, 6) is 0. The third-order valence-corrected chi connectivity index (χ3v) is 5.18. The van der Waals surface area contributed by atoms with E-state index in [1.165, 1.54) is 15.4 Å². The smallest absolute Gasteiger partial charge is 0.103 e. The fourth-order valence-corrected chi connectivity index (χ4v) is 3.28. The van der Waals surface area contributed by atoms with Crippen LogP contribution in [0.1, 0.15) is 55.6 Å². The molecule has 2 aromatic rings. The lowest BCUT2D eigenvalue weighted by Crippen LogP contribution is -2.19. The summed E-state index contributed by atoms with van der Waals surface area (Å²) in [7, 11) is 0. The summed E-state index contributed by atoms with van der Waals surface area (Å²) < 4.78 is 0. The van der Waals surface area contributed by atoms with Crippen LogP contribution < -0.4 is 5.32 Å². The predicted molar refractivity (Wildman–Crippen MR) is 87.4 cm³/mol. The fourth-order valence-electron chi connectivity index (χ4n) is 2.22. The van der Waals surface area contributed by atoms with Crippen LogP contribution >= 0.6 is 11.3 Å². The Balaban J connectivity index is 2.19. The summed E-state index contributed by atoms with van der Waals surface area (Å²) in [5.41, 5.74) is 1.28. The van der Waals surface area contributed by atoms with E-state index in [2.05, 4.69) is 68.3 Å². The molecular formula is C17H24N2S. The number of hydrogen-bond acceptors (Lipinski definition) is 3. The van der Waals surface area contributed by atoms with Gasteiger partial charge < -0.3 is 5.32 Å². The topological polar surface area (TPSA) is 24.9 Å². The Kier molecular flexibility index (Phi) is 4.95. The van der Waals surface area contributed by atoms with Crippen LogP contribution in [0, 0.1) is 0 Å². The molecular weight excluding hydrogens is 264 g/mol. The molecule has 3 heteroatoms. The molecule has 2 nitrogen and oxygen atoms in total. The first kappa shape index (κ1) is 15.2. The summed E-state index contributed by atoms with van der Waals surface area (Å²) >= 11 is 1.82. The third kappa shape index (κ3) is 3.28. The van der Waals surface area contributed by atoms with Gasteiger partial charge in [0.05, 0.1) is 0 Å². The van der Waals surface area contributed by atoms with Gasteiger partial charge in [-0.1, -0.05) is 37.3 Å². The SMILES string of the molecule is CCCNC(C)c1cnc(C(C)(C)c2ccccc2)s1. The van der Waals surface area contributed by atoms with E-state index in [1.54, 1.807) is 0 Å². The van der Waals surface area contributed by atoms with Crippen molar-refractivity contribution < 1.29 is 0 Å². The lowest BCUT2D eigenvalue weighted by Gasteiger charge is -2.22. The predicted octanol–water partition coefficient (Wildman–Crippen LogP) is 4.53. The zero-order chi connectivity index (χ0) is 14.6. The second kappa shape index (κ2) is 6.51. The van der Waals surface area contributed by atoms with Crippen molar-refractivity contribution in [2.24, 2.45) is 0 Å². The van der Waals surface area contributed by atoms with Gasteiger partial charge in [0.1, 0.15) is 5.01 Å². The highest BCUT2D eigenvalue weighted by Crippen LogP contribution is 2.35. The van der Waals surface area contributed by atoms with Crippen LogP contribution in [-0.4, -0.2) is 11.5 Å². The highest BCUT2D eigenvalue weighted by Gasteiger charge is 2.27. The van der Waals surface area contributed by atoms with Gasteiger partial charge >= 0.3 is 0 Å². The zero-order valence-electron chi connectivity index (χ0n) is 12.8. The average Bonchev–Trinajstić information content (AvgIpc) is 2.96. The molecule has 1 unspecified atom stereocenters. The van der Waals surface area contributed by atoms with Gasteiger partial charge in [-0.05, 0) is 39.3 Å². The van der Waals surface area contributed by atoms with Gasteiger partial charge in [0.25, 0.3) is 0 Å². The number of nitrogens with one attached hydrogen (secondary N) is 1. The van der Waals surface area contributed by atoms with Crippen molar-refractivity contribution in [2.75, 3.05) is 6.54 Å². The van der Waals surface area contributed by atoms with E-state index in [9.17, 15) is 0 Å². The molecule has 108 valence electrons. The van der Waals surface area contributed by atoms with Crippen LogP contribution in [0.4, 0.5) is 0 Å². The zero-order valence-corrected chi connectivity index (χ0v) is 13.6. The van der Waals surface area contributed by atoms with E-state index in [-0.39, 0.29) is 5.41 Å². The quantitative estimate of drug-likeness (QED) is 0.844. The maximum Gasteiger partial charge on any atom is 0.103 e. The van der Waals surface area contributed by atoms with Crippen LogP contribution in [-0.2, 0) is 5.41 Å². The van der Waals surface area contributed by atoms with E-state index in [0.29, 0.717) is 6.04 Å². The van der Waals surface area contributed by atoms with Crippen molar-refractivity contribution in [3.05, 3.63) is 52.0 Å². The highest BCUT2D eigenvalue weighted by molar-refractivity contribution is 7.11. The van der Waals surface area contributed by atoms with Crippen LogP contribution in [0.5, 0.6) is 0 Å². The molecule has 20 heavy (non-hydrogen) atoms. The van der Waals surface area contributed by atoms with Gasteiger partial charge in [0.2, 0.25) is 0 Å². The molecule has 0 spiro atoms. The Bertz CT molecular complexity index is 531. The van der Waals surface area contributed by atoms with Crippen LogP contribution in [0.2, 0.25) is 0 Å². The minimum atomic E-state index is -0.0331. The van der Waals surface area contributed by atoms with E-state index < -0.39 is 0 Å². The van der Waals surface area contributed by atoms with Crippen molar-refractivity contribution in [1.29, 1.82) is 0 Å². The Morgan fingerprint density at radius 2 is 1.95 bits per heavy atom. The molecule has 1 aromatic heterocycles. The summed E-state index contributed by atoms with van der Waals surface area (Å²) in [5, 5.41) is 4.71. The van der Waals surface area contributed by atoms with Gasteiger partial charge in [0, 0.05) is 22.5 Å². The summed E-state index contributed by atoms with van der Waals surface area (Å²) in [6, 6.07) is 11.0. The third-order valence-electron chi connectivity index (χ3n) is 3.68. The summed E-state index contributed by atoms with van der Waals surface area (Å²) in [4.78, 5) is 5.99. The Labute approximate surface area is 126 Å².